The molecule has 2 aliphatic rings. The average Bonchev–Trinajstić information content (AvgIpc) is 3.62. The van der Waals surface area contributed by atoms with Gasteiger partial charge in [-0.15, -0.1) is 0 Å². The Morgan fingerprint density at radius 2 is 0.544 bits per heavy atom. The van der Waals surface area contributed by atoms with Crippen LogP contribution in [0.2, 0.25) is 0 Å². The van der Waals surface area contributed by atoms with Crippen LogP contribution < -0.4 is 9.80 Å². The summed E-state index contributed by atoms with van der Waals surface area (Å²) in [7, 11) is 0. The Bertz CT molecular complexity index is 3640. The van der Waals surface area contributed by atoms with E-state index in [4.69, 9.17) is 15.0 Å². The molecule has 5 nitrogen and oxygen atoms in total. The summed E-state index contributed by atoms with van der Waals surface area (Å²) < 4.78 is 0. The molecule has 318 valence electrons. The van der Waals surface area contributed by atoms with Gasteiger partial charge in [0.15, 0.2) is 17.5 Å². The Labute approximate surface area is 395 Å². The summed E-state index contributed by atoms with van der Waals surface area (Å²) in [6.07, 6.45) is 0. The second-order valence-electron chi connectivity index (χ2n) is 17.2. The summed E-state index contributed by atoms with van der Waals surface area (Å²) in [6, 6.07) is 88.6. The Balaban J connectivity index is 0.982. The van der Waals surface area contributed by atoms with Crippen molar-refractivity contribution in [2.75, 3.05) is 9.80 Å². The van der Waals surface area contributed by atoms with Crippen molar-refractivity contribution in [3.05, 3.63) is 249 Å². The summed E-state index contributed by atoms with van der Waals surface area (Å²) in [5.41, 5.74) is 21.1. The van der Waals surface area contributed by atoms with E-state index in [1.807, 2.05) is 60.7 Å². The average molecular weight is 868 g/mol. The highest BCUT2D eigenvalue weighted by atomic mass is 15.2. The number of para-hydroxylation sites is 3. The number of benzene rings is 10. The van der Waals surface area contributed by atoms with Crippen molar-refractivity contribution in [2.24, 2.45) is 0 Å². The first-order chi connectivity index (χ1) is 33.7. The maximum atomic E-state index is 5.11. The third-order valence-corrected chi connectivity index (χ3v) is 13.2. The first-order valence-corrected chi connectivity index (χ1v) is 23.0. The highest BCUT2D eigenvalue weighted by molar-refractivity contribution is 6.05. The maximum Gasteiger partial charge on any atom is 0.164 e. The van der Waals surface area contributed by atoms with E-state index in [1.54, 1.807) is 0 Å². The largest absolute Gasteiger partial charge is 0.309 e. The molecule has 0 saturated carbocycles. The van der Waals surface area contributed by atoms with Crippen LogP contribution in [0.5, 0.6) is 0 Å². The number of hydrogen-bond acceptors (Lipinski definition) is 5. The molecule has 68 heavy (non-hydrogen) atoms. The van der Waals surface area contributed by atoms with Gasteiger partial charge >= 0.3 is 0 Å². The Hall–Kier alpha value is -9.19. The summed E-state index contributed by atoms with van der Waals surface area (Å²) in [5.74, 6) is 1.87. The van der Waals surface area contributed by atoms with Gasteiger partial charge in [0, 0.05) is 50.3 Å². The van der Waals surface area contributed by atoms with Gasteiger partial charge in [-0.2, -0.15) is 0 Å². The van der Waals surface area contributed by atoms with Crippen molar-refractivity contribution in [3.8, 4) is 89.8 Å². The number of anilines is 6. The minimum absolute atomic E-state index is 0.611. The van der Waals surface area contributed by atoms with Gasteiger partial charge in [0.2, 0.25) is 0 Å². The predicted molar refractivity (Wildman–Crippen MR) is 280 cm³/mol. The van der Waals surface area contributed by atoms with E-state index in [0.29, 0.717) is 17.5 Å². The fourth-order valence-electron chi connectivity index (χ4n) is 10.1. The van der Waals surface area contributed by atoms with Crippen molar-refractivity contribution in [1.29, 1.82) is 0 Å². The molecule has 0 saturated heterocycles. The van der Waals surface area contributed by atoms with E-state index in [2.05, 4.69) is 198 Å². The van der Waals surface area contributed by atoms with Gasteiger partial charge < -0.3 is 9.80 Å². The van der Waals surface area contributed by atoms with E-state index in [0.717, 1.165) is 73.1 Å². The van der Waals surface area contributed by atoms with Gasteiger partial charge in [-0.1, -0.05) is 188 Å². The quantitative estimate of drug-likeness (QED) is 0.167. The molecule has 0 N–H and O–H groups in total. The van der Waals surface area contributed by atoms with Gasteiger partial charge in [0.25, 0.3) is 0 Å². The second-order valence-corrected chi connectivity index (χ2v) is 17.2. The molecule has 0 radical (unpaired) electrons. The summed E-state index contributed by atoms with van der Waals surface area (Å²) in [4.78, 5) is 20.0. The monoisotopic (exact) mass is 867 g/mol. The fraction of sp³-hybridized carbons (Fsp3) is 0. The van der Waals surface area contributed by atoms with Crippen molar-refractivity contribution in [3.63, 3.8) is 0 Å². The Kier molecular flexibility index (Phi) is 9.43. The third-order valence-electron chi connectivity index (χ3n) is 13.2. The predicted octanol–water partition coefficient (Wildman–Crippen LogP) is 16.8. The van der Waals surface area contributed by atoms with Gasteiger partial charge in [0.05, 0.1) is 22.7 Å². The normalized spacial score (nSPS) is 12.1. The Morgan fingerprint density at radius 3 is 1.03 bits per heavy atom. The smallest absolute Gasteiger partial charge is 0.164 e. The van der Waals surface area contributed by atoms with Crippen molar-refractivity contribution in [2.45, 2.75) is 0 Å². The number of fused-ring (bicyclic) bond motifs is 10. The van der Waals surface area contributed by atoms with E-state index in [-0.39, 0.29) is 0 Å². The molecular weight excluding hydrogens is 827 g/mol. The molecule has 2 aliphatic heterocycles. The molecule has 1 aromatic heterocycles. The zero-order chi connectivity index (χ0) is 45.0. The number of rotatable bonds is 6. The highest BCUT2D eigenvalue weighted by Gasteiger charge is 2.29. The molecule has 0 spiro atoms. The van der Waals surface area contributed by atoms with Crippen molar-refractivity contribution in [1.82, 2.24) is 15.0 Å². The molecule has 0 unspecified atom stereocenters. The number of nitrogens with zero attached hydrogens (tertiary/aromatic N) is 5. The molecule has 0 amide bonds. The lowest BCUT2D eigenvalue weighted by atomic mass is 9.90. The standard InChI is InChI=1S/C63H41N5/c1-4-19-42(20-5-1)61-64-62(43-21-6-2-7-22-43)66-63(65-61)46-23-18-26-48(39-46)68-58-34-17-15-32-54(58)50-28-11-13-30-52(50)56-41-45(36-38-60(56)68)44-35-37-59-55(40-44)51-29-12-10-27-49(51)53-31-14-16-33-57(53)67(59)47-24-8-3-9-25-47/h1-41H. The SMILES string of the molecule is c1ccc(-c2nc(-c3ccccc3)nc(-c3cccc(N4c5ccccc5-c5ccccc5-c5cc(-c6ccc7c(c6)-c6ccccc6-c6ccccc6N7c6ccccc6)ccc54)c3)n2)cc1. The molecule has 10 aromatic carbocycles. The van der Waals surface area contributed by atoms with Crippen LogP contribution in [0.4, 0.5) is 34.1 Å². The number of aromatic nitrogens is 3. The van der Waals surface area contributed by atoms with Crippen LogP contribution in [0.25, 0.3) is 89.8 Å². The van der Waals surface area contributed by atoms with Gasteiger partial charge in [0.1, 0.15) is 0 Å². The topological polar surface area (TPSA) is 45.2 Å². The molecule has 5 heteroatoms. The molecule has 0 bridgehead atoms. The minimum atomic E-state index is 0.611. The molecular formula is C63H41N5. The molecule has 13 rings (SSSR count). The van der Waals surface area contributed by atoms with Crippen molar-refractivity contribution >= 4 is 34.1 Å². The summed E-state index contributed by atoms with van der Waals surface area (Å²) in [6.45, 7) is 0. The van der Waals surface area contributed by atoms with Crippen LogP contribution in [0.15, 0.2) is 249 Å². The molecule has 0 atom stereocenters. The van der Waals surface area contributed by atoms with Crippen LogP contribution in [0.3, 0.4) is 0 Å². The number of hydrogen-bond donors (Lipinski definition) is 0. The lowest BCUT2D eigenvalue weighted by Gasteiger charge is -2.28. The van der Waals surface area contributed by atoms with Crippen LogP contribution in [0, 0.1) is 0 Å². The first kappa shape index (κ1) is 39.2. The minimum Gasteiger partial charge on any atom is -0.309 e. The molecule has 0 aliphatic carbocycles. The second kappa shape index (κ2) is 16.4. The zero-order valence-corrected chi connectivity index (χ0v) is 36.9. The highest BCUT2D eigenvalue weighted by Crippen LogP contribution is 2.54. The van der Waals surface area contributed by atoms with Gasteiger partial charge in [-0.05, 0) is 94.0 Å². The van der Waals surface area contributed by atoms with E-state index in [1.165, 1.54) is 33.4 Å². The third kappa shape index (κ3) is 6.68. The van der Waals surface area contributed by atoms with E-state index in [9.17, 15) is 0 Å². The van der Waals surface area contributed by atoms with Crippen LogP contribution in [-0.4, -0.2) is 15.0 Å². The van der Waals surface area contributed by atoms with Crippen LogP contribution in [0.1, 0.15) is 0 Å². The Morgan fingerprint density at radius 1 is 0.206 bits per heavy atom. The van der Waals surface area contributed by atoms with Gasteiger partial charge in [-0.3, -0.25) is 0 Å². The fourth-order valence-corrected chi connectivity index (χ4v) is 10.1. The maximum absolute atomic E-state index is 5.11. The zero-order valence-electron chi connectivity index (χ0n) is 36.9. The molecule has 0 fully saturated rings. The lowest BCUT2D eigenvalue weighted by Crippen LogP contribution is -2.11. The van der Waals surface area contributed by atoms with E-state index < -0.39 is 0 Å². The molecule has 11 aromatic rings. The summed E-state index contributed by atoms with van der Waals surface area (Å²) >= 11 is 0. The van der Waals surface area contributed by atoms with Crippen LogP contribution >= 0.6 is 0 Å². The van der Waals surface area contributed by atoms with Crippen molar-refractivity contribution < 1.29 is 0 Å². The lowest BCUT2D eigenvalue weighted by molar-refractivity contribution is 1.07. The first-order valence-electron chi connectivity index (χ1n) is 23.0. The molecule has 3 heterocycles. The van der Waals surface area contributed by atoms with Gasteiger partial charge in [-0.25, -0.2) is 15.0 Å². The van der Waals surface area contributed by atoms with E-state index >= 15 is 0 Å². The van der Waals surface area contributed by atoms with Crippen LogP contribution in [-0.2, 0) is 0 Å². The summed E-state index contributed by atoms with van der Waals surface area (Å²) in [5, 5.41) is 0.